The molecule has 0 saturated carbocycles. The molecule has 2 heterocycles. The average Bonchev–Trinajstić information content (AvgIpc) is 2.96. The van der Waals surface area contributed by atoms with Crippen molar-refractivity contribution in [1.82, 2.24) is 20.0 Å². The lowest BCUT2D eigenvalue weighted by Gasteiger charge is -2.24. The van der Waals surface area contributed by atoms with Crippen molar-refractivity contribution in [2.24, 2.45) is 0 Å². The van der Waals surface area contributed by atoms with E-state index in [4.69, 9.17) is 0 Å². The first-order chi connectivity index (χ1) is 12.2. The first-order valence-electron chi connectivity index (χ1n) is 8.26. The largest absolute Gasteiger partial charge is 0.392 e. The van der Waals surface area contributed by atoms with Gasteiger partial charge in [0.2, 0.25) is 0 Å². The number of benzene rings is 2. The minimum atomic E-state index is 0.0493. The third kappa shape index (κ3) is 2.77. The average molecular weight is 332 g/mol. The molecule has 0 amide bonds. The van der Waals surface area contributed by atoms with E-state index in [-0.39, 0.29) is 6.61 Å². The van der Waals surface area contributed by atoms with Gasteiger partial charge >= 0.3 is 0 Å². The van der Waals surface area contributed by atoms with Crippen LogP contribution in [0.3, 0.4) is 0 Å². The van der Waals surface area contributed by atoms with Crippen molar-refractivity contribution in [1.29, 1.82) is 0 Å². The van der Waals surface area contributed by atoms with Crippen LogP contribution in [0, 0.1) is 0 Å². The van der Waals surface area contributed by atoms with E-state index in [0.717, 1.165) is 40.0 Å². The summed E-state index contributed by atoms with van der Waals surface area (Å²) < 4.78 is 0. The molecule has 0 bridgehead atoms. The van der Waals surface area contributed by atoms with E-state index in [0.29, 0.717) is 0 Å². The molecule has 1 aromatic heterocycles. The van der Waals surface area contributed by atoms with Gasteiger partial charge in [-0.05, 0) is 29.3 Å². The summed E-state index contributed by atoms with van der Waals surface area (Å²) in [6, 6.07) is 14.3. The minimum absolute atomic E-state index is 0.0493. The standard InChI is InChI=1S/C20H20N4O/c1-23-12-17(15-5-3-4-14(10-15)13-25)20(24(23)2)16-6-7-18-19(11-16)22-9-8-21-18/h3-11,25H,12-13H2,1-2H3. The second-order valence-electron chi connectivity index (χ2n) is 6.28. The Morgan fingerprint density at radius 3 is 2.56 bits per heavy atom. The van der Waals surface area contributed by atoms with Crippen molar-refractivity contribution in [3.05, 3.63) is 71.5 Å². The molecular weight excluding hydrogens is 312 g/mol. The molecule has 4 rings (SSSR count). The van der Waals surface area contributed by atoms with Crippen LogP contribution in [0.15, 0.2) is 54.9 Å². The fraction of sp³-hybridized carbons (Fsp3) is 0.200. The maximum Gasteiger partial charge on any atom is 0.0893 e. The van der Waals surface area contributed by atoms with Crippen LogP contribution in [-0.4, -0.2) is 45.7 Å². The van der Waals surface area contributed by atoms with Gasteiger partial charge in [-0.2, -0.15) is 0 Å². The first kappa shape index (κ1) is 15.7. The molecule has 2 aromatic carbocycles. The van der Waals surface area contributed by atoms with Crippen LogP contribution in [0.4, 0.5) is 0 Å². The second-order valence-corrected chi connectivity index (χ2v) is 6.28. The predicted octanol–water partition coefficient (Wildman–Crippen LogP) is 2.78. The van der Waals surface area contributed by atoms with E-state index in [1.54, 1.807) is 12.4 Å². The molecular formula is C20H20N4O. The summed E-state index contributed by atoms with van der Waals surface area (Å²) in [7, 11) is 4.14. The molecule has 25 heavy (non-hydrogen) atoms. The Labute approximate surface area is 146 Å². The molecule has 1 aliphatic rings. The number of hydrogen-bond acceptors (Lipinski definition) is 5. The van der Waals surface area contributed by atoms with E-state index in [9.17, 15) is 5.11 Å². The molecule has 0 spiro atoms. The molecule has 0 saturated heterocycles. The number of rotatable bonds is 3. The lowest BCUT2D eigenvalue weighted by atomic mass is 9.98. The smallest absolute Gasteiger partial charge is 0.0893 e. The van der Waals surface area contributed by atoms with Gasteiger partial charge < -0.3 is 10.1 Å². The number of aliphatic hydroxyl groups is 1. The van der Waals surface area contributed by atoms with Gasteiger partial charge in [0.05, 0.1) is 23.3 Å². The number of aromatic nitrogens is 2. The van der Waals surface area contributed by atoms with Crippen LogP contribution in [-0.2, 0) is 6.61 Å². The fourth-order valence-electron chi connectivity index (χ4n) is 3.33. The minimum Gasteiger partial charge on any atom is -0.392 e. The van der Waals surface area contributed by atoms with Crippen molar-refractivity contribution in [3.63, 3.8) is 0 Å². The quantitative estimate of drug-likeness (QED) is 0.799. The van der Waals surface area contributed by atoms with Gasteiger partial charge in [-0.3, -0.25) is 9.97 Å². The lowest BCUT2D eigenvalue weighted by molar-refractivity contribution is 0.129. The maximum absolute atomic E-state index is 9.46. The van der Waals surface area contributed by atoms with Gasteiger partial charge in [-0.1, -0.05) is 24.3 Å². The summed E-state index contributed by atoms with van der Waals surface area (Å²) in [4.78, 5) is 8.78. The van der Waals surface area contributed by atoms with Crippen molar-refractivity contribution >= 4 is 22.3 Å². The molecule has 5 nitrogen and oxygen atoms in total. The number of aliphatic hydroxyl groups excluding tert-OH is 1. The molecule has 1 aliphatic heterocycles. The Hall–Kier alpha value is -2.76. The molecule has 0 atom stereocenters. The second kappa shape index (κ2) is 6.27. The molecule has 1 N–H and O–H groups in total. The highest BCUT2D eigenvalue weighted by Gasteiger charge is 2.26. The monoisotopic (exact) mass is 332 g/mol. The molecule has 3 aromatic rings. The normalized spacial score (nSPS) is 15.4. The van der Waals surface area contributed by atoms with Crippen molar-refractivity contribution in [3.8, 4) is 0 Å². The summed E-state index contributed by atoms with van der Waals surface area (Å²) in [5, 5.41) is 13.8. The highest BCUT2D eigenvalue weighted by molar-refractivity contribution is 5.94. The van der Waals surface area contributed by atoms with E-state index < -0.39 is 0 Å². The predicted molar refractivity (Wildman–Crippen MR) is 99.1 cm³/mol. The van der Waals surface area contributed by atoms with Crippen LogP contribution in [0.2, 0.25) is 0 Å². The summed E-state index contributed by atoms with van der Waals surface area (Å²) in [5.74, 6) is 0. The number of hydrogen-bond donors (Lipinski definition) is 1. The van der Waals surface area contributed by atoms with E-state index in [2.05, 4.69) is 58.3 Å². The number of nitrogens with zero attached hydrogens (tertiary/aromatic N) is 4. The molecule has 0 unspecified atom stereocenters. The summed E-state index contributed by atoms with van der Waals surface area (Å²) in [5.41, 5.74) is 7.35. The maximum atomic E-state index is 9.46. The Morgan fingerprint density at radius 2 is 1.76 bits per heavy atom. The zero-order valence-corrected chi connectivity index (χ0v) is 14.3. The summed E-state index contributed by atoms with van der Waals surface area (Å²) in [6.07, 6.45) is 3.43. The third-order valence-electron chi connectivity index (χ3n) is 4.71. The van der Waals surface area contributed by atoms with Gasteiger partial charge in [0, 0.05) is 44.2 Å². The number of likely N-dealkylation sites (N-methyl/N-ethyl adjacent to an activating group) is 1. The van der Waals surface area contributed by atoms with Gasteiger partial charge in [0.15, 0.2) is 0 Å². The highest BCUT2D eigenvalue weighted by atomic mass is 16.3. The first-order valence-corrected chi connectivity index (χ1v) is 8.26. The molecule has 0 aliphatic carbocycles. The zero-order valence-electron chi connectivity index (χ0n) is 14.3. The van der Waals surface area contributed by atoms with Gasteiger partial charge in [0.1, 0.15) is 0 Å². The molecule has 0 fully saturated rings. The van der Waals surface area contributed by atoms with E-state index in [1.807, 2.05) is 18.2 Å². The Morgan fingerprint density at radius 1 is 0.960 bits per heavy atom. The van der Waals surface area contributed by atoms with Crippen LogP contribution in [0.1, 0.15) is 16.7 Å². The van der Waals surface area contributed by atoms with Crippen LogP contribution in [0.5, 0.6) is 0 Å². The van der Waals surface area contributed by atoms with E-state index in [1.165, 1.54) is 5.57 Å². The molecule has 5 heteroatoms. The highest BCUT2D eigenvalue weighted by Crippen LogP contribution is 2.36. The van der Waals surface area contributed by atoms with E-state index >= 15 is 0 Å². The number of hydrazine groups is 1. The van der Waals surface area contributed by atoms with Crippen molar-refractivity contribution in [2.45, 2.75) is 6.61 Å². The molecule has 126 valence electrons. The van der Waals surface area contributed by atoms with Crippen molar-refractivity contribution < 1.29 is 5.11 Å². The fourth-order valence-corrected chi connectivity index (χ4v) is 3.33. The summed E-state index contributed by atoms with van der Waals surface area (Å²) >= 11 is 0. The topological polar surface area (TPSA) is 52.5 Å². The Kier molecular flexibility index (Phi) is 3.95. The Bertz CT molecular complexity index is 967. The van der Waals surface area contributed by atoms with Gasteiger partial charge in [-0.15, -0.1) is 0 Å². The van der Waals surface area contributed by atoms with Crippen molar-refractivity contribution in [2.75, 3.05) is 20.6 Å². The Balaban J connectivity index is 1.89. The SMILES string of the molecule is CN1CC(c2cccc(CO)c2)=C(c2ccc3nccnc3c2)N1C. The van der Waals surface area contributed by atoms with Crippen LogP contribution in [0.25, 0.3) is 22.3 Å². The van der Waals surface area contributed by atoms with Crippen LogP contribution < -0.4 is 0 Å². The van der Waals surface area contributed by atoms with Gasteiger partial charge in [0.25, 0.3) is 0 Å². The lowest BCUT2D eigenvalue weighted by Crippen LogP contribution is -2.29. The molecule has 0 radical (unpaired) electrons. The van der Waals surface area contributed by atoms with Crippen LogP contribution >= 0.6 is 0 Å². The third-order valence-corrected chi connectivity index (χ3v) is 4.71. The van der Waals surface area contributed by atoms with Gasteiger partial charge in [-0.25, -0.2) is 5.01 Å². The summed E-state index contributed by atoms with van der Waals surface area (Å²) in [6.45, 7) is 0.868. The number of fused-ring (bicyclic) bond motifs is 1. The zero-order chi connectivity index (χ0) is 17.4.